The van der Waals surface area contributed by atoms with Crippen molar-refractivity contribution in [3.63, 3.8) is 0 Å². The number of halogens is 1. The first kappa shape index (κ1) is 18.1. The van der Waals surface area contributed by atoms with Crippen molar-refractivity contribution in [1.29, 1.82) is 0 Å². The number of nitrogens with one attached hydrogen (secondary N) is 1. The molecule has 0 bridgehead atoms. The number of ether oxygens (including phenoxy) is 1. The Balaban J connectivity index is 2.44. The van der Waals surface area contributed by atoms with Crippen LogP contribution in [0.25, 0.3) is 0 Å². The predicted molar refractivity (Wildman–Crippen MR) is 83.0 cm³/mol. The van der Waals surface area contributed by atoms with E-state index in [1.54, 1.807) is 0 Å². The third kappa shape index (κ3) is 6.22. The second-order valence-corrected chi connectivity index (χ2v) is 5.67. The van der Waals surface area contributed by atoms with Crippen LogP contribution in [0.1, 0.15) is 44.0 Å². The molecule has 1 unspecified atom stereocenters. The first-order chi connectivity index (χ1) is 10.3. The Bertz CT molecular complexity index is 532. The maximum absolute atomic E-state index is 13.7. The number of carbonyl (C=O) groups excluding carboxylic acids is 2. The SMILES string of the molecule is CC(C)CC(C)OCCC(=O)Nc1ccc(C(N)=O)cc1F. The number of nitrogens with two attached hydrogens (primary N) is 1. The number of amides is 2. The van der Waals surface area contributed by atoms with Crippen LogP contribution in [0.2, 0.25) is 0 Å². The Morgan fingerprint density at radius 3 is 2.55 bits per heavy atom. The van der Waals surface area contributed by atoms with E-state index in [0.717, 1.165) is 12.5 Å². The number of carbonyl (C=O) groups is 2. The van der Waals surface area contributed by atoms with Crippen molar-refractivity contribution < 1.29 is 18.7 Å². The monoisotopic (exact) mass is 310 g/mol. The molecule has 0 aliphatic rings. The minimum atomic E-state index is -0.718. The maximum Gasteiger partial charge on any atom is 0.248 e. The van der Waals surface area contributed by atoms with Gasteiger partial charge in [-0.1, -0.05) is 13.8 Å². The summed E-state index contributed by atoms with van der Waals surface area (Å²) >= 11 is 0. The molecule has 1 aromatic carbocycles. The van der Waals surface area contributed by atoms with Gasteiger partial charge in [-0.2, -0.15) is 0 Å². The zero-order valence-corrected chi connectivity index (χ0v) is 13.2. The molecule has 1 aromatic rings. The van der Waals surface area contributed by atoms with Crippen LogP contribution in [0.3, 0.4) is 0 Å². The Labute approximate surface area is 130 Å². The Morgan fingerprint density at radius 1 is 1.32 bits per heavy atom. The van der Waals surface area contributed by atoms with E-state index >= 15 is 0 Å². The molecular formula is C16H23FN2O3. The molecule has 0 heterocycles. The quantitative estimate of drug-likeness (QED) is 0.774. The van der Waals surface area contributed by atoms with Gasteiger partial charge in [0.05, 0.1) is 24.8 Å². The van der Waals surface area contributed by atoms with Crippen molar-refractivity contribution >= 4 is 17.5 Å². The van der Waals surface area contributed by atoms with Crippen LogP contribution in [0.15, 0.2) is 18.2 Å². The average molecular weight is 310 g/mol. The van der Waals surface area contributed by atoms with Crippen LogP contribution in [-0.4, -0.2) is 24.5 Å². The van der Waals surface area contributed by atoms with Crippen molar-refractivity contribution in [3.05, 3.63) is 29.6 Å². The van der Waals surface area contributed by atoms with Crippen molar-refractivity contribution in [2.45, 2.75) is 39.7 Å². The highest BCUT2D eigenvalue weighted by molar-refractivity contribution is 5.94. The summed E-state index contributed by atoms with van der Waals surface area (Å²) < 4.78 is 19.2. The number of hydrogen-bond acceptors (Lipinski definition) is 3. The summed E-state index contributed by atoms with van der Waals surface area (Å²) in [6, 6.07) is 3.68. The first-order valence-corrected chi connectivity index (χ1v) is 7.30. The number of benzene rings is 1. The summed E-state index contributed by atoms with van der Waals surface area (Å²) in [5.74, 6) is -1.23. The van der Waals surface area contributed by atoms with E-state index in [2.05, 4.69) is 19.2 Å². The fourth-order valence-corrected chi connectivity index (χ4v) is 2.07. The van der Waals surface area contributed by atoms with Crippen molar-refractivity contribution in [2.24, 2.45) is 11.7 Å². The van der Waals surface area contributed by atoms with Crippen LogP contribution in [0.5, 0.6) is 0 Å². The summed E-state index contributed by atoms with van der Waals surface area (Å²) in [5, 5.41) is 2.44. The van der Waals surface area contributed by atoms with Crippen LogP contribution in [0.4, 0.5) is 10.1 Å². The van der Waals surface area contributed by atoms with Crippen molar-refractivity contribution in [1.82, 2.24) is 0 Å². The average Bonchev–Trinajstić information content (AvgIpc) is 2.39. The standard InChI is InChI=1S/C16H23FN2O3/c1-10(2)8-11(3)22-7-6-15(20)19-14-5-4-12(16(18)21)9-13(14)17/h4-5,9-11H,6-8H2,1-3H3,(H2,18,21)(H,19,20). The van der Waals surface area contributed by atoms with Gasteiger partial charge in [-0.25, -0.2) is 4.39 Å². The fraction of sp³-hybridized carbons (Fsp3) is 0.500. The molecule has 22 heavy (non-hydrogen) atoms. The zero-order valence-electron chi connectivity index (χ0n) is 13.2. The summed E-state index contributed by atoms with van der Waals surface area (Å²) in [7, 11) is 0. The van der Waals surface area contributed by atoms with Crippen LogP contribution < -0.4 is 11.1 Å². The van der Waals surface area contributed by atoms with Crippen LogP contribution >= 0.6 is 0 Å². The normalized spacial score (nSPS) is 12.2. The van der Waals surface area contributed by atoms with E-state index in [1.165, 1.54) is 12.1 Å². The summed E-state index contributed by atoms with van der Waals surface area (Å²) in [6.07, 6.45) is 1.14. The minimum absolute atomic E-state index is 0.0187. The molecule has 0 spiro atoms. The summed E-state index contributed by atoms with van der Waals surface area (Å²) in [4.78, 5) is 22.7. The van der Waals surface area contributed by atoms with E-state index in [9.17, 15) is 14.0 Å². The summed E-state index contributed by atoms with van der Waals surface area (Å²) in [5.41, 5.74) is 5.13. The second kappa shape index (κ2) is 8.48. The van der Waals surface area contributed by atoms with Crippen LogP contribution in [-0.2, 0) is 9.53 Å². The topological polar surface area (TPSA) is 81.4 Å². The van der Waals surface area contributed by atoms with Crippen molar-refractivity contribution in [2.75, 3.05) is 11.9 Å². The lowest BCUT2D eigenvalue weighted by atomic mass is 10.1. The highest BCUT2D eigenvalue weighted by Gasteiger charge is 2.11. The third-order valence-corrected chi connectivity index (χ3v) is 3.06. The first-order valence-electron chi connectivity index (χ1n) is 7.30. The van der Waals surface area contributed by atoms with Gasteiger partial charge in [0.25, 0.3) is 0 Å². The molecule has 3 N–H and O–H groups in total. The van der Waals surface area contributed by atoms with Gasteiger partial charge in [0.1, 0.15) is 5.82 Å². The minimum Gasteiger partial charge on any atom is -0.378 e. The van der Waals surface area contributed by atoms with Gasteiger partial charge in [-0.15, -0.1) is 0 Å². The number of hydrogen-bond donors (Lipinski definition) is 2. The van der Waals surface area contributed by atoms with Gasteiger partial charge >= 0.3 is 0 Å². The Kier molecular flexibility index (Phi) is 6.98. The van der Waals surface area contributed by atoms with E-state index in [1.807, 2.05) is 6.92 Å². The van der Waals surface area contributed by atoms with Gasteiger partial charge in [0, 0.05) is 5.56 Å². The molecule has 1 rings (SSSR count). The molecule has 0 aromatic heterocycles. The summed E-state index contributed by atoms with van der Waals surface area (Å²) in [6.45, 7) is 6.44. The van der Waals surface area contributed by atoms with E-state index in [0.29, 0.717) is 5.92 Å². The fourth-order valence-electron chi connectivity index (χ4n) is 2.07. The molecule has 0 aliphatic heterocycles. The maximum atomic E-state index is 13.7. The highest BCUT2D eigenvalue weighted by Crippen LogP contribution is 2.16. The van der Waals surface area contributed by atoms with E-state index in [-0.39, 0.29) is 36.3 Å². The smallest absolute Gasteiger partial charge is 0.248 e. The predicted octanol–water partition coefficient (Wildman–Crippen LogP) is 2.70. The van der Waals surface area contributed by atoms with Crippen molar-refractivity contribution in [3.8, 4) is 0 Å². The van der Waals surface area contributed by atoms with Gasteiger partial charge in [0.15, 0.2) is 0 Å². The molecule has 0 fully saturated rings. The van der Waals surface area contributed by atoms with Gasteiger partial charge in [0.2, 0.25) is 11.8 Å². The second-order valence-electron chi connectivity index (χ2n) is 5.67. The lowest BCUT2D eigenvalue weighted by Crippen LogP contribution is -2.19. The number of anilines is 1. The largest absolute Gasteiger partial charge is 0.378 e. The molecule has 2 amide bonds. The third-order valence-electron chi connectivity index (χ3n) is 3.06. The Hall–Kier alpha value is -1.95. The van der Waals surface area contributed by atoms with Crippen LogP contribution in [0, 0.1) is 11.7 Å². The van der Waals surface area contributed by atoms with E-state index in [4.69, 9.17) is 10.5 Å². The molecule has 0 aliphatic carbocycles. The van der Waals surface area contributed by atoms with Gasteiger partial charge in [-0.3, -0.25) is 9.59 Å². The number of rotatable bonds is 8. The van der Waals surface area contributed by atoms with Gasteiger partial charge < -0.3 is 15.8 Å². The number of primary amides is 1. The zero-order chi connectivity index (χ0) is 16.7. The molecule has 122 valence electrons. The van der Waals surface area contributed by atoms with E-state index < -0.39 is 11.7 Å². The molecule has 6 heteroatoms. The Morgan fingerprint density at radius 2 is 2.00 bits per heavy atom. The van der Waals surface area contributed by atoms with Gasteiger partial charge in [-0.05, 0) is 37.5 Å². The molecular weight excluding hydrogens is 287 g/mol. The highest BCUT2D eigenvalue weighted by atomic mass is 19.1. The molecule has 0 saturated carbocycles. The molecule has 0 saturated heterocycles. The molecule has 1 atom stereocenters. The molecule has 5 nitrogen and oxygen atoms in total. The molecule has 0 radical (unpaired) electrons. The lowest BCUT2D eigenvalue weighted by molar-refractivity contribution is -0.117. The lowest BCUT2D eigenvalue weighted by Gasteiger charge is -2.15.